The molecule has 0 bridgehead atoms. The highest BCUT2D eigenvalue weighted by molar-refractivity contribution is 5.86. The molecule has 0 aliphatic rings. The molecule has 0 saturated heterocycles. The zero-order valence-electron chi connectivity index (χ0n) is 14.4. The summed E-state index contributed by atoms with van der Waals surface area (Å²) in [5, 5.41) is 13.8. The van der Waals surface area contributed by atoms with E-state index in [1.165, 1.54) is 13.3 Å². The van der Waals surface area contributed by atoms with Crippen LogP contribution in [0.1, 0.15) is 24.0 Å². The molecule has 0 fully saturated rings. The van der Waals surface area contributed by atoms with Gasteiger partial charge in [-0.05, 0) is 42.7 Å². The van der Waals surface area contributed by atoms with E-state index in [9.17, 15) is 9.90 Å². The minimum atomic E-state index is -0.174. The second kappa shape index (κ2) is 9.32. The maximum Gasteiger partial charge on any atom is 0.240 e. The fourth-order valence-electron chi connectivity index (χ4n) is 2.28. The number of phenols is 1. The summed E-state index contributed by atoms with van der Waals surface area (Å²) in [6, 6.07) is 12.8. The molecule has 0 aromatic heterocycles. The number of amides is 1. The summed E-state index contributed by atoms with van der Waals surface area (Å²) in [7, 11) is 3.10. The first-order chi connectivity index (χ1) is 12.1. The Morgan fingerprint density at radius 2 is 1.92 bits per heavy atom. The van der Waals surface area contributed by atoms with Gasteiger partial charge in [-0.25, -0.2) is 5.43 Å². The van der Waals surface area contributed by atoms with Crippen molar-refractivity contribution in [1.82, 2.24) is 5.43 Å². The Labute approximate surface area is 147 Å². The number of phenolic OH excluding ortho intramolecular Hbond substituents is 1. The van der Waals surface area contributed by atoms with Gasteiger partial charge in [0, 0.05) is 12.0 Å². The third-order valence-electron chi connectivity index (χ3n) is 3.67. The number of aromatic hydroxyl groups is 1. The van der Waals surface area contributed by atoms with Crippen LogP contribution in [0.25, 0.3) is 0 Å². The molecule has 6 heteroatoms. The van der Waals surface area contributed by atoms with Crippen molar-refractivity contribution in [2.75, 3.05) is 14.2 Å². The van der Waals surface area contributed by atoms with Gasteiger partial charge in [0.15, 0.2) is 11.5 Å². The van der Waals surface area contributed by atoms with Crippen molar-refractivity contribution in [3.8, 4) is 17.2 Å². The molecule has 2 rings (SSSR count). The Kier molecular flexibility index (Phi) is 6.83. The molecule has 2 N–H and O–H groups in total. The number of rotatable bonds is 8. The Hall–Kier alpha value is -3.02. The first-order valence-electron chi connectivity index (χ1n) is 7.95. The van der Waals surface area contributed by atoms with Crippen LogP contribution in [0.3, 0.4) is 0 Å². The van der Waals surface area contributed by atoms with E-state index in [2.05, 4.69) is 10.5 Å². The molecule has 0 radical (unpaired) electrons. The predicted octanol–water partition coefficient (Wildman–Crippen LogP) is 2.88. The van der Waals surface area contributed by atoms with Gasteiger partial charge < -0.3 is 14.6 Å². The van der Waals surface area contributed by atoms with Gasteiger partial charge in [0.25, 0.3) is 0 Å². The number of para-hydroxylation sites is 1. The quantitative estimate of drug-likeness (QED) is 0.571. The molecule has 0 unspecified atom stereocenters. The van der Waals surface area contributed by atoms with Gasteiger partial charge in [-0.15, -0.1) is 0 Å². The Balaban J connectivity index is 1.76. The van der Waals surface area contributed by atoms with Crippen molar-refractivity contribution < 1.29 is 19.4 Å². The van der Waals surface area contributed by atoms with Crippen LogP contribution in [-0.2, 0) is 11.2 Å². The highest BCUT2D eigenvalue weighted by Crippen LogP contribution is 2.27. The molecule has 1 amide bonds. The van der Waals surface area contributed by atoms with Gasteiger partial charge in [0.1, 0.15) is 5.75 Å². The normalized spacial score (nSPS) is 10.6. The molecule has 0 aliphatic heterocycles. The van der Waals surface area contributed by atoms with Gasteiger partial charge in [0.2, 0.25) is 5.91 Å². The lowest BCUT2D eigenvalue weighted by atomic mass is 10.1. The van der Waals surface area contributed by atoms with Crippen LogP contribution in [0.4, 0.5) is 0 Å². The minimum Gasteiger partial charge on any atom is -0.504 e. The lowest BCUT2D eigenvalue weighted by Gasteiger charge is -2.05. The summed E-state index contributed by atoms with van der Waals surface area (Å²) in [6.07, 6.45) is 3.28. The number of hydrazone groups is 1. The van der Waals surface area contributed by atoms with Crippen LogP contribution >= 0.6 is 0 Å². The lowest BCUT2D eigenvalue weighted by Crippen LogP contribution is -2.17. The largest absolute Gasteiger partial charge is 0.504 e. The van der Waals surface area contributed by atoms with Crippen LogP contribution in [0.5, 0.6) is 17.2 Å². The molecule has 2 aromatic rings. The Bertz CT molecular complexity index is 727. The van der Waals surface area contributed by atoms with Crippen molar-refractivity contribution in [3.63, 3.8) is 0 Å². The molecule has 6 nitrogen and oxygen atoms in total. The van der Waals surface area contributed by atoms with Crippen LogP contribution in [0.2, 0.25) is 0 Å². The van der Waals surface area contributed by atoms with Gasteiger partial charge >= 0.3 is 0 Å². The molecule has 0 heterocycles. The summed E-state index contributed by atoms with van der Waals surface area (Å²) in [6.45, 7) is 0. The van der Waals surface area contributed by atoms with Crippen molar-refractivity contribution in [3.05, 3.63) is 53.6 Å². The van der Waals surface area contributed by atoms with Crippen LogP contribution < -0.4 is 14.9 Å². The first kappa shape index (κ1) is 18.3. The van der Waals surface area contributed by atoms with E-state index in [0.717, 1.165) is 24.2 Å². The standard InChI is InChI=1S/C19H22N2O4/c1-24-16-11-9-14(10-12-16)5-3-8-18(22)21-20-13-15-6-4-7-17(25-2)19(15)23/h4,6-7,9-13,23H,3,5,8H2,1-2H3,(H,21,22)/b20-13+. The number of hydrogen-bond acceptors (Lipinski definition) is 5. The molecule has 25 heavy (non-hydrogen) atoms. The second-order valence-electron chi connectivity index (χ2n) is 5.39. The number of aryl methyl sites for hydroxylation is 1. The number of nitrogens with zero attached hydrogens (tertiary/aromatic N) is 1. The molecule has 0 saturated carbocycles. The monoisotopic (exact) mass is 342 g/mol. The number of methoxy groups -OCH3 is 2. The SMILES string of the molecule is COc1ccc(CCCC(=O)N/N=C/c2cccc(OC)c2O)cc1. The summed E-state index contributed by atoms with van der Waals surface area (Å²) in [5.41, 5.74) is 4.08. The Morgan fingerprint density at radius 3 is 2.60 bits per heavy atom. The number of carbonyl (C=O) groups is 1. The highest BCUT2D eigenvalue weighted by atomic mass is 16.5. The molecule has 0 atom stereocenters. The molecular weight excluding hydrogens is 320 g/mol. The average molecular weight is 342 g/mol. The maximum atomic E-state index is 11.8. The molecule has 2 aromatic carbocycles. The van der Waals surface area contributed by atoms with E-state index in [-0.39, 0.29) is 11.7 Å². The third-order valence-corrected chi connectivity index (χ3v) is 3.67. The highest BCUT2D eigenvalue weighted by Gasteiger charge is 2.05. The minimum absolute atomic E-state index is 0.0116. The van der Waals surface area contributed by atoms with Crippen molar-refractivity contribution in [2.45, 2.75) is 19.3 Å². The molecule has 132 valence electrons. The summed E-state index contributed by atoms with van der Waals surface area (Å²) in [4.78, 5) is 11.8. The van der Waals surface area contributed by atoms with Gasteiger partial charge in [0.05, 0.1) is 20.4 Å². The zero-order chi connectivity index (χ0) is 18.1. The first-order valence-corrected chi connectivity index (χ1v) is 7.95. The third kappa shape index (κ3) is 5.53. The molecule has 0 spiro atoms. The average Bonchev–Trinajstić information content (AvgIpc) is 2.64. The Morgan fingerprint density at radius 1 is 1.16 bits per heavy atom. The number of carbonyl (C=O) groups excluding carboxylic acids is 1. The number of hydrogen-bond donors (Lipinski definition) is 2. The van der Waals surface area contributed by atoms with Crippen LogP contribution in [0, 0.1) is 0 Å². The maximum absolute atomic E-state index is 11.8. The van der Waals surface area contributed by atoms with Crippen LogP contribution in [0.15, 0.2) is 47.6 Å². The fourth-order valence-corrected chi connectivity index (χ4v) is 2.28. The number of ether oxygens (including phenoxy) is 2. The van der Waals surface area contributed by atoms with Crippen molar-refractivity contribution >= 4 is 12.1 Å². The number of nitrogens with one attached hydrogen (secondary N) is 1. The van der Waals surface area contributed by atoms with Gasteiger partial charge in [-0.3, -0.25) is 4.79 Å². The summed E-state index contributed by atoms with van der Waals surface area (Å²) >= 11 is 0. The fraction of sp³-hybridized carbons (Fsp3) is 0.263. The van der Waals surface area contributed by atoms with E-state index >= 15 is 0 Å². The van der Waals surface area contributed by atoms with Gasteiger partial charge in [-0.1, -0.05) is 18.2 Å². The van der Waals surface area contributed by atoms with E-state index < -0.39 is 0 Å². The van der Waals surface area contributed by atoms with Crippen LogP contribution in [-0.4, -0.2) is 31.4 Å². The lowest BCUT2D eigenvalue weighted by molar-refractivity contribution is -0.121. The van der Waals surface area contributed by atoms with Crippen molar-refractivity contribution in [1.29, 1.82) is 0 Å². The van der Waals surface area contributed by atoms with Gasteiger partial charge in [-0.2, -0.15) is 5.10 Å². The van der Waals surface area contributed by atoms with E-state index in [1.54, 1.807) is 25.3 Å². The zero-order valence-corrected chi connectivity index (χ0v) is 14.4. The second-order valence-corrected chi connectivity index (χ2v) is 5.39. The summed E-state index contributed by atoms with van der Waals surface area (Å²) < 4.78 is 10.1. The smallest absolute Gasteiger partial charge is 0.240 e. The molecular formula is C19H22N2O4. The molecule has 0 aliphatic carbocycles. The topological polar surface area (TPSA) is 80.2 Å². The van der Waals surface area contributed by atoms with E-state index in [4.69, 9.17) is 9.47 Å². The van der Waals surface area contributed by atoms with E-state index in [1.807, 2.05) is 24.3 Å². The summed E-state index contributed by atoms with van der Waals surface area (Å²) in [5.74, 6) is 0.987. The predicted molar refractivity (Wildman–Crippen MR) is 96.3 cm³/mol. The van der Waals surface area contributed by atoms with E-state index in [0.29, 0.717) is 17.7 Å². The van der Waals surface area contributed by atoms with Crippen molar-refractivity contribution in [2.24, 2.45) is 5.10 Å². The number of benzene rings is 2.